The van der Waals surface area contributed by atoms with E-state index >= 15 is 0 Å². The molecule has 0 saturated heterocycles. The smallest absolute Gasteiger partial charge is 0.248 e. The molecule has 0 heterocycles. The number of aryl methyl sites for hydroxylation is 1. The van der Waals surface area contributed by atoms with Crippen LogP contribution in [0.5, 0.6) is 0 Å². The number of hydrogen-bond acceptors (Lipinski definition) is 3. The summed E-state index contributed by atoms with van der Waals surface area (Å²) in [7, 11) is -3.88. The molecule has 2 rings (SSSR count). The molecule has 27 heavy (non-hydrogen) atoms. The van der Waals surface area contributed by atoms with Crippen LogP contribution < -0.4 is 9.62 Å². The first kappa shape index (κ1) is 20.9. The van der Waals surface area contributed by atoms with Gasteiger partial charge in [-0.25, -0.2) is 12.8 Å². The lowest BCUT2D eigenvalue weighted by Crippen LogP contribution is -2.46. The Kier molecular flexibility index (Phi) is 6.26. The molecule has 0 aromatic heterocycles. The number of sulfonamides is 1. The van der Waals surface area contributed by atoms with Crippen LogP contribution in [0.3, 0.4) is 0 Å². The van der Waals surface area contributed by atoms with Gasteiger partial charge in [0.1, 0.15) is 11.9 Å². The van der Waals surface area contributed by atoms with Crippen molar-refractivity contribution in [2.45, 2.75) is 39.7 Å². The summed E-state index contributed by atoms with van der Waals surface area (Å²) in [5.74, 6) is -1.06. The SMILES string of the molecule is Cc1cccc(C(C)C)c1NC(=O)[C@@H](C)N(c1ccccc1F)S(C)(=O)=O. The van der Waals surface area contributed by atoms with Gasteiger partial charge in [0.2, 0.25) is 15.9 Å². The number of hydrogen-bond donors (Lipinski definition) is 1. The summed E-state index contributed by atoms with van der Waals surface area (Å²) in [6.07, 6.45) is 0.955. The maximum absolute atomic E-state index is 14.2. The third-order valence-corrected chi connectivity index (χ3v) is 5.58. The third kappa shape index (κ3) is 4.66. The Hall–Kier alpha value is -2.41. The highest BCUT2D eigenvalue weighted by Crippen LogP contribution is 2.29. The number of anilines is 2. The largest absolute Gasteiger partial charge is 0.324 e. The first-order valence-electron chi connectivity index (χ1n) is 8.68. The van der Waals surface area contributed by atoms with Crippen molar-refractivity contribution in [1.82, 2.24) is 0 Å². The molecule has 0 unspecified atom stereocenters. The number of benzene rings is 2. The fourth-order valence-electron chi connectivity index (χ4n) is 2.98. The fourth-order valence-corrected chi connectivity index (χ4v) is 4.16. The fraction of sp³-hybridized carbons (Fsp3) is 0.350. The third-order valence-electron chi connectivity index (χ3n) is 4.35. The Balaban J connectivity index is 2.42. The Bertz CT molecular complexity index is 942. The van der Waals surface area contributed by atoms with Crippen molar-refractivity contribution in [3.8, 4) is 0 Å². The topological polar surface area (TPSA) is 66.5 Å². The predicted molar refractivity (Wildman–Crippen MR) is 107 cm³/mol. The molecule has 0 aliphatic heterocycles. The highest BCUT2D eigenvalue weighted by molar-refractivity contribution is 7.92. The average molecular weight is 392 g/mol. The zero-order chi connectivity index (χ0) is 20.4. The molecular weight excluding hydrogens is 367 g/mol. The van der Waals surface area contributed by atoms with E-state index < -0.39 is 27.8 Å². The Morgan fingerprint density at radius 1 is 1.07 bits per heavy atom. The minimum Gasteiger partial charge on any atom is -0.324 e. The summed E-state index contributed by atoms with van der Waals surface area (Å²) >= 11 is 0. The first-order chi connectivity index (χ1) is 12.5. The second kappa shape index (κ2) is 8.08. The van der Waals surface area contributed by atoms with Crippen LogP contribution in [0.2, 0.25) is 0 Å². The molecule has 0 aliphatic carbocycles. The van der Waals surface area contributed by atoms with E-state index in [-0.39, 0.29) is 11.6 Å². The van der Waals surface area contributed by atoms with Gasteiger partial charge in [-0.3, -0.25) is 9.10 Å². The van der Waals surface area contributed by atoms with Gasteiger partial charge in [0.15, 0.2) is 0 Å². The number of nitrogens with one attached hydrogen (secondary N) is 1. The normalized spacial score (nSPS) is 12.7. The number of rotatable bonds is 6. The second-order valence-electron chi connectivity index (χ2n) is 6.87. The van der Waals surface area contributed by atoms with E-state index in [0.29, 0.717) is 5.69 Å². The minimum atomic E-state index is -3.88. The number of para-hydroxylation sites is 2. The van der Waals surface area contributed by atoms with E-state index in [2.05, 4.69) is 5.32 Å². The van der Waals surface area contributed by atoms with Gasteiger partial charge < -0.3 is 5.32 Å². The lowest BCUT2D eigenvalue weighted by atomic mass is 9.98. The maximum atomic E-state index is 14.2. The molecule has 0 saturated carbocycles. The second-order valence-corrected chi connectivity index (χ2v) is 8.73. The quantitative estimate of drug-likeness (QED) is 0.806. The van der Waals surface area contributed by atoms with E-state index in [9.17, 15) is 17.6 Å². The van der Waals surface area contributed by atoms with Crippen LogP contribution in [-0.2, 0) is 14.8 Å². The number of carbonyl (C=O) groups is 1. The standard InChI is InChI=1S/C20H25FN2O3S/c1-13(2)16-10-8-9-14(3)19(16)22-20(24)15(4)23(27(5,25)26)18-12-7-6-11-17(18)21/h6-13,15H,1-5H3,(H,22,24)/t15-/m1/s1. The van der Waals surface area contributed by atoms with Crippen molar-refractivity contribution in [1.29, 1.82) is 0 Å². The summed E-state index contributed by atoms with van der Waals surface area (Å²) in [4.78, 5) is 12.9. The molecule has 0 spiro atoms. The van der Waals surface area contributed by atoms with Crippen LogP contribution >= 0.6 is 0 Å². The molecule has 7 heteroatoms. The molecule has 2 aromatic rings. The maximum Gasteiger partial charge on any atom is 0.248 e. The molecule has 1 N–H and O–H groups in total. The predicted octanol–water partition coefficient (Wildman–Crippen LogP) is 4.05. The molecule has 0 radical (unpaired) electrons. The van der Waals surface area contributed by atoms with Crippen LogP contribution in [0.1, 0.15) is 37.8 Å². The number of amides is 1. The lowest BCUT2D eigenvalue weighted by molar-refractivity contribution is -0.116. The summed E-state index contributed by atoms with van der Waals surface area (Å²) in [6, 6.07) is 10.1. The molecule has 0 aliphatic rings. The van der Waals surface area contributed by atoms with E-state index in [1.54, 1.807) is 0 Å². The Labute approximate surface area is 160 Å². The van der Waals surface area contributed by atoms with Crippen molar-refractivity contribution in [3.63, 3.8) is 0 Å². The van der Waals surface area contributed by atoms with Gasteiger partial charge >= 0.3 is 0 Å². The van der Waals surface area contributed by atoms with Crippen molar-refractivity contribution >= 4 is 27.3 Å². The highest BCUT2D eigenvalue weighted by atomic mass is 32.2. The molecule has 146 valence electrons. The van der Waals surface area contributed by atoms with E-state index in [1.807, 2.05) is 39.0 Å². The molecule has 2 aromatic carbocycles. The summed E-state index contributed by atoms with van der Waals surface area (Å²) in [5.41, 5.74) is 2.33. The highest BCUT2D eigenvalue weighted by Gasteiger charge is 2.31. The van der Waals surface area contributed by atoms with Gasteiger partial charge in [0.25, 0.3) is 0 Å². The molecule has 5 nitrogen and oxygen atoms in total. The molecule has 0 bridgehead atoms. The number of carbonyl (C=O) groups excluding carboxylic acids is 1. The van der Waals surface area contributed by atoms with Crippen LogP contribution in [0.4, 0.5) is 15.8 Å². The molecule has 1 amide bonds. The number of halogens is 1. The van der Waals surface area contributed by atoms with E-state index in [4.69, 9.17) is 0 Å². The van der Waals surface area contributed by atoms with Crippen LogP contribution in [0, 0.1) is 12.7 Å². The van der Waals surface area contributed by atoms with E-state index in [0.717, 1.165) is 27.8 Å². The molecule has 1 atom stereocenters. The van der Waals surface area contributed by atoms with Gasteiger partial charge in [0.05, 0.1) is 11.9 Å². The Morgan fingerprint density at radius 2 is 1.70 bits per heavy atom. The monoisotopic (exact) mass is 392 g/mol. The zero-order valence-electron chi connectivity index (χ0n) is 16.2. The van der Waals surface area contributed by atoms with Crippen LogP contribution in [0.15, 0.2) is 42.5 Å². The van der Waals surface area contributed by atoms with Gasteiger partial charge in [-0.15, -0.1) is 0 Å². The minimum absolute atomic E-state index is 0.156. The Morgan fingerprint density at radius 3 is 2.26 bits per heavy atom. The average Bonchev–Trinajstić information content (AvgIpc) is 2.57. The van der Waals surface area contributed by atoms with E-state index in [1.165, 1.54) is 25.1 Å². The first-order valence-corrected chi connectivity index (χ1v) is 10.5. The van der Waals surface area contributed by atoms with Gasteiger partial charge in [-0.05, 0) is 43.0 Å². The summed E-state index contributed by atoms with van der Waals surface area (Å²) in [6.45, 7) is 7.33. The van der Waals surface area contributed by atoms with Gasteiger partial charge in [-0.1, -0.05) is 44.2 Å². The summed E-state index contributed by atoms with van der Waals surface area (Å²) < 4.78 is 39.6. The van der Waals surface area contributed by atoms with Crippen LogP contribution in [-0.4, -0.2) is 26.6 Å². The zero-order valence-corrected chi connectivity index (χ0v) is 17.0. The molecular formula is C20H25FN2O3S. The summed E-state index contributed by atoms with van der Waals surface area (Å²) in [5, 5.41) is 2.83. The lowest BCUT2D eigenvalue weighted by Gasteiger charge is -2.29. The van der Waals surface area contributed by atoms with Gasteiger partial charge in [-0.2, -0.15) is 0 Å². The van der Waals surface area contributed by atoms with Crippen molar-refractivity contribution in [2.75, 3.05) is 15.9 Å². The van der Waals surface area contributed by atoms with Gasteiger partial charge in [0, 0.05) is 5.69 Å². The van der Waals surface area contributed by atoms with Crippen molar-refractivity contribution in [3.05, 3.63) is 59.4 Å². The van der Waals surface area contributed by atoms with Crippen LogP contribution in [0.25, 0.3) is 0 Å². The number of nitrogens with zero attached hydrogens (tertiary/aromatic N) is 1. The van der Waals surface area contributed by atoms with Crippen molar-refractivity contribution < 1.29 is 17.6 Å². The van der Waals surface area contributed by atoms with Crippen molar-refractivity contribution in [2.24, 2.45) is 0 Å². The molecule has 0 fully saturated rings.